The lowest BCUT2D eigenvalue weighted by atomic mass is 9.76. The summed E-state index contributed by atoms with van der Waals surface area (Å²) in [5.74, 6) is 0.310. The third kappa shape index (κ3) is 5.39. The number of fused-ring (bicyclic) bond motifs is 1. The molecule has 1 aromatic heterocycles. The molecule has 0 aliphatic heterocycles. The van der Waals surface area contributed by atoms with E-state index in [4.69, 9.17) is 11.1 Å². The SMILES string of the molecule is Cc1cc(CCC(=N)c2ccc(N=Nc3c(N)ncc4ccc(Br)cc34)cc2)ccc1B(O)O. The first-order chi connectivity index (χ1) is 16.3. The molecule has 0 fully saturated rings. The Morgan fingerprint density at radius 2 is 1.82 bits per heavy atom. The number of nitrogens with zero attached hydrogens (tertiary/aromatic N) is 3. The van der Waals surface area contributed by atoms with E-state index in [-0.39, 0.29) is 0 Å². The Bertz CT molecular complexity index is 1390. The minimum Gasteiger partial charge on any atom is -0.423 e. The average Bonchev–Trinajstić information content (AvgIpc) is 2.82. The normalized spacial score (nSPS) is 11.3. The smallest absolute Gasteiger partial charge is 0.423 e. The highest BCUT2D eigenvalue weighted by molar-refractivity contribution is 9.10. The Kier molecular flexibility index (Phi) is 7.16. The van der Waals surface area contributed by atoms with Gasteiger partial charge in [0.1, 0.15) is 5.69 Å². The van der Waals surface area contributed by atoms with E-state index in [2.05, 4.69) is 31.1 Å². The number of hydrogen-bond donors (Lipinski definition) is 4. The lowest BCUT2D eigenvalue weighted by Gasteiger charge is -2.09. The lowest BCUT2D eigenvalue weighted by Crippen LogP contribution is -2.32. The number of nitrogens with two attached hydrogens (primary N) is 1. The molecular weight excluding hydrogens is 493 g/mol. The van der Waals surface area contributed by atoms with Crippen LogP contribution in [-0.4, -0.2) is 27.9 Å². The van der Waals surface area contributed by atoms with Crippen LogP contribution in [0.1, 0.15) is 23.1 Å². The Hall–Kier alpha value is -3.40. The number of pyridine rings is 1. The van der Waals surface area contributed by atoms with Gasteiger partial charge in [-0.15, -0.1) is 5.11 Å². The number of aromatic nitrogens is 1. The second-order valence-electron chi connectivity index (χ2n) is 8.01. The van der Waals surface area contributed by atoms with Gasteiger partial charge in [-0.25, -0.2) is 4.98 Å². The number of anilines is 1. The first kappa shape index (κ1) is 23.8. The van der Waals surface area contributed by atoms with Crippen LogP contribution in [0.25, 0.3) is 10.8 Å². The van der Waals surface area contributed by atoms with Crippen molar-refractivity contribution in [2.75, 3.05) is 5.73 Å². The summed E-state index contributed by atoms with van der Waals surface area (Å²) in [6.07, 6.45) is 2.96. The van der Waals surface area contributed by atoms with Crippen molar-refractivity contribution in [3.63, 3.8) is 0 Å². The summed E-state index contributed by atoms with van der Waals surface area (Å²) in [5, 5.41) is 37.6. The van der Waals surface area contributed by atoms with Crippen molar-refractivity contribution < 1.29 is 10.0 Å². The van der Waals surface area contributed by atoms with Crippen LogP contribution in [0.15, 0.2) is 81.6 Å². The minimum atomic E-state index is -1.47. The van der Waals surface area contributed by atoms with Crippen molar-refractivity contribution in [1.82, 2.24) is 4.98 Å². The molecule has 5 N–H and O–H groups in total. The fraction of sp³-hybridized carbons (Fsp3) is 0.120. The Labute approximate surface area is 206 Å². The summed E-state index contributed by atoms with van der Waals surface area (Å²) in [6, 6.07) is 18.7. The van der Waals surface area contributed by atoms with Gasteiger partial charge in [0.25, 0.3) is 0 Å². The highest BCUT2D eigenvalue weighted by atomic mass is 79.9. The topological polar surface area (TPSA) is 128 Å². The summed E-state index contributed by atoms with van der Waals surface area (Å²) in [5.41, 5.74) is 10.9. The van der Waals surface area contributed by atoms with Crippen molar-refractivity contribution in [1.29, 1.82) is 5.41 Å². The van der Waals surface area contributed by atoms with Crippen molar-refractivity contribution >= 4 is 62.2 Å². The summed E-state index contributed by atoms with van der Waals surface area (Å²) < 4.78 is 0.919. The molecule has 3 aromatic carbocycles. The molecule has 0 radical (unpaired) electrons. The first-order valence-corrected chi connectivity index (χ1v) is 11.5. The molecule has 0 spiro atoms. The molecular formula is C25H23BBrN5O2. The monoisotopic (exact) mass is 515 g/mol. The predicted octanol–water partition coefficient (Wildman–Crippen LogP) is 4.98. The molecule has 170 valence electrons. The number of aryl methyl sites for hydroxylation is 2. The van der Waals surface area contributed by atoms with Crippen LogP contribution in [-0.2, 0) is 6.42 Å². The zero-order valence-corrected chi connectivity index (χ0v) is 20.1. The number of azo groups is 1. The number of hydrogen-bond acceptors (Lipinski definition) is 7. The van der Waals surface area contributed by atoms with Crippen LogP contribution in [0.3, 0.4) is 0 Å². The van der Waals surface area contributed by atoms with E-state index >= 15 is 0 Å². The molecule has 0 saturated heterocycles. The Morgan fingerprint density at radius 3 is 2.53 bits per heavy atom. The standard InChI is InChI=1S/C25H23BBrN5O2/c1-15-12-16(2-10-22(15)26(33)34)3-11-23(28)17-5-8-20(9-6-17)31-32-24-21-13-19(27)7-4-18(21)14-30-25(24)29/h2,4-10,12-14,28,33-34H,3,11H2,1H3,(H2,29,30). The fourth-order valence-corrected chi connectivity index (χ4v) is 4.08. The van der Waals surface area contributed by atoms with Crippen molar-refractivity contribution in [3.05, 3.63) is 88.0 Å². The number of halogens is 1. The third-order valence-corrected chi connectivity index (χ3v) is 6.11. The molecule has 0 unspecified atom stereocenters. The number of nitrogen functional groups attached to an aromatic ring is 1. The summed E-state index contributed by atoms with van der Waals surface area (Å²) in [7, 11) is -1.47. The van der Waals surface area contributed by atoms with E-state index in [1.54, 1.807) is 12.3 Å². The maximum Gasteiger partial charge on any atom is 0.488 e. The van der Waals surface area contributed by atoms with Gasteiger partial charge in [0.2, 0.25) is 0 Å². The molecule has 34 heavy (non-hydrogen) atoms. The van der Waals surface area contributed by atoms with Crippen LogP contribution < -0.4 is 11.2 Å². The zero-order valence-electron chi connectivity index (χ0n) is 18.5. The largest absolute Gasteiger partial charge is 0.488 e. The second kappa shape index (κ2) is 10.3. The van der Waals surface area contributed by atoms with E-state index in [1.165, 1.54) is 0 Å². The van der Waals surface area contributed by atoms with Crippen molar-refractivity contribution in [2.24, 2.45) is 10.2 Å². The molecule has 4 aromatic rings. The number of rotatable bonds is 7. The van der Waals surface area contributed by atoms with Crippen LogP contribution in [0.4, 0.5) is 17.2 Å². The Balaban J connectivity index is 1.44. The lowest BCUT2D eigenvalue weighted by molar-refractivity contribution is 0.425. The molecule has 0 saturated carbocycles. The maximum absolute atomic E-state index is 9.35. The number of nitrogens with one attached hydrogen (secondary N) is 1. The van der Waals surface area contributed by atoms with E-state index < -0.39 is 7.12 Å². The Morgan fingerprint density at radius 1 is 1.06 bits per heavy atom. The fourth-order valence-electron chi connectivity index (χ4n) is 3.72. The van der Waals surface area contributed by atoms with E-state index in [1.807, 2.05) is 61.5 Å². The van der Waals surface area contributed by atoms with Gasteiger partial charge in [0, 0.05) is 27.2 Å². The van der Waals surface area contributed by atoms with Gasteiger partial charge >= 0.3 is 7.12 Å². The average molecular weight is 516 g/mol. The highest BCUT2D eigenvalue weighted by Crippen LogP contribution is 2.33. The number of benzene rings is 3. The van der Waals surface area contributed by atoms with Crippen molar-refractivity contribution in [3.8, 4) is 0 Å². The van der Waals surface area contributed by atoms with E-state index in [0.29, 0.717) is 41.2 Å². The molecule has 0 amide bonds. The molecule has 0 aliphatic rings. The third-order valence-electron chi connectivity index (χ3n) is 5.61. The van der Waals surface area contributed by atoms with Crippen LogP contribution >= 0.6 is 15.9 Å². The van der Waals surface area contributed by atoms with Gasteiger partial charge in [0.15, 0.2) is 5.82 Å². The van der Waals surface area contributed by atoms with E-state index in [0.717, 1.165) is 31.9 Å². The molecule has 9 heteroatoms. The first-order valence-electron chi connectivity index (χ1n) is 10.7. The molecule has 0 atom stereocenters. The predicted molar refractivity (Wildman–Crippen MR) is 141 cm³/mol. The van der Waals surface area contributed by atoms with Gasteiger partial charge in [-0.2, -0.15) is 5.11 Å². The minimum absolute atomic E-state index is 0.310. The van der Waals surface area contributed by atoms with Crippen molar-refractivity contribution in [2.45, 2.75) is 19.8 Å². The van der Waals surface area contributed by atoms with Gasteiger partial charge in [-0.3, -0.25) is 0 Å². The molecule has 7 nitrogen and oxygen atoms in total. The van der Waals surface area contributed by atoms with E-state index in [9.17, 15) is 10.0 Å². The van der Waals surface area contributed by atoms with Gasteiger partial charge in [-0.05, 0) is 60.6 Å². The second-order valence-corrected chi connectivity index (χ2v) is 8.93. The van der Waals surface area contributed by atoms with Crippen LogP contribution in [0.2, 0.25) is 0 Å². The van der Waals surface area contributed by atoms with Gasteiger partial charge in [-0.1, -0.05) is 57.9 Å². The summed E-state index contributed by atoms with van der Waals surface area (Å²) in [6.45, 7) is 1.84. The van der Waals surface area contributed by atoms with Crippen LogP contribution in [0.5, 0.6) is 0 Å². The highest BCUT2D eigenvalue weighted by Gasteiger charge is 2.14. The quantitative estimate of drug-likeness (QED) is 0.157. The molecule has 0 bridgehead atoms. The molecule has 1 heterocycles. The van der Waals surface area contributed by atoms with Gasteiger partial charge in [0.05, 0.1) is 5.69 Å². The molecule has 4 rings (SSSR count). The summed E-state index contributed by atoms with van der Waals surface area (Å²) >= 11 is 3.47. The zero-order chi connectivity index (χ0) is 24.2. The van der Waals surface area contributed by atoms with Crippen LogP contribution in [0, 0.1) is 12.3 Å². The maximum atomic E-state index is 9.35. The summed E-state index contributed by atoms with van der Waals surface area (Å²) in [4.78, 5) is 4.21. The van der Waals surface area contributed by atoms with Gasteiger partial charge < -0.3 is 21.2 Å². The molecule has 0 aliphatic carbocycles.